The molecule has 0 aromatic carbocycles. The number of ether oxygens (including phenoxy) is 1. The van der Waals surface area contributed by atoms with Crippen LogP contribution in [0.15, 0.2) is 18.5 Å². The molecule has 148 valence electrons. The molecule has 4 nitrogen and oxygen atoms in total. The van der Waals surface area contributed by atoms with Crippen LogP contribution < -0.4 is 4.74 Å². The Balaban J connectivity index is 1.78. The highest BCUT2D eigenvalue weighted by molar-refractivity contribution is 6.28. The van der Waals surface area contributed by atoms with E-state index in [1.54, 1.807) is 0 Å². The third-order valence-corrected chi connectivity index (χ3v) is 4.59. The number of hydrogen-bond donors (Lipinski definition) is 0. The first-order chi connectivity index (χ1) is 12.8. The largest absolute Gasteiger partial charge is 0.463 e. The molecule has 0 spiro atoms. The number of rotatable bonds is 17. The lowest BCUT2D eigenvalue weighted by molar-refractivity contribution is 0.280. The summed E-state index contributed by atoms with van der Waals surface area (Å²) in [5.74, 6) is 0. The van der Waals surface area contributed by atoms with Crippen LogP contribution in [-0.4, -0.2) is 21.6 Å². The van der Waals surface area contributed by atoms with Crippen LogP contribution in [-0.2, 0) is 0 Å². The van der Waals surface area contributed by atoms with Crippen molar-refractivity contribution in [3.8, 4) is 6.01 Å². The Morgan fingerprint density at radius 1 is 0.808 bits per heavy atom. The van der Waals surface area contributed by atoms with Gasteiger partial charge in [-0.05, 0) is 43.7 Å². The lowest BCUT2D eigenvalue weighted by atomic mass is 10.1. The van der Waals surface area contributed by atoms with Crippen molar-refractivity contribution in [3.05, 3.63) is 23.8 Å². The van der Waals surface area contributed by atoms with Crippen LogP contribution in [0, 0.1) is 0 Å². The highest BCUT2D eigenvalue weighted by Crippen LogP contribution is 2.10. The molecule has 1 rings (SSSR count). The lowest BCUT2D eigenvalue weighted by Gasteiger charge is -2.04. The second kappa shape index (κ2) is 17.3. The van der Waals surface area contributed by atoms with Gasteiger partial charge in [-0.25, -0.2) is 4.98 Å². The molecule has 1 aromatic heterocycles. The summed E-state index contributed by atoms with van der Waals surface area (Å²) >= 11 is 5.68. The van der Waals surface area contributed by atoms with E-state index in [9.17, 15) is 0 Å². The fourth-order valence-corrected chi connectivity index (χ4v) is 2.96. The summed E-state index contributed by atoms with van der Waals surface area (Å²) in [4.78, 5) is 11.5. The van der Waals surface area contributed by atoms with Gasteiger partial charge in [-0.1, -0.05) is 76.9 Å². The zero-order valence-electron chi connectivity index (χ0n) is 16.5. The van der Waals surface area contributed by atoms with Crippen LogP contribution >= 0.6 is 11.6 Å². The first kappa shape index (κ1) is 22.9. The average molecular weight is 382 g/mol. The molecule has 5 heteroatoms. The van der Waals surface area contributed by atoms with Crippen molar-refractivity contribution < 1.29 is 4.74 Å². The SMILES string of the molecule is CCCCCCCC/C=C\CCCCCCCCOc1ncnc(Cl)n1. The lowest BCUT2D eigenvalue weighted by Crippen LogP contribution is -2.01. The van der Waals surface area contributed by atoms with E-state index in [1.807, 2.05) is 0 Å². The Bertz CT molecular complexity index is 468. The number of unbranched alkanes of at least 4 members (excludes halogenated alkanes) is 12. The topological polar surface area (TPSA) is 47.9 Å². The monoisotopic (exact) mass is 381 g/mol. The molecule has 0 N–H and O–H groups in total. The van der Waals surface area contributed by atoms with Crippen molar-refractivity contribution >= 4 is 11.6 Å². The second-order valence-corrected chi connectivity index (χ2v) is 7.16. The standard InChI is InChI=1S/C21H36ClN3O/c1-2-3-4-5-6-7-8-9-10-11-12-13-14-15-16-17-18-26-21-24-19-23-20(22)25-21/h9-10,19H,2-8,11-18H2,1H3/b10-9-. The summed E-state index contributed by atoms with van der Waals surface area (Å²) in [7, 11) is 0. The Kier molecular flexibility index (Phi) is 15.2. The second-order valence-electron chi connectivity index (χ2n) is 6.82. The van der Waals surface area contributed by atoms with Crippen LogP contribution in [0.1, 0.15) is 96.8 Å². The molecule has 0 fully saturated rings. The van der Waals surface area contributed by atoms with Crippen LogP contribution in [0.5, 0.6) is 6.01 Å². The van der Waals surface area contributed by atoms with Crippen molar-refractivity contribution in [3.63, 3.8) is 0 Å². The first-order valence-electron chi connectivity index (χ1n) is 10.4. The minimum Gasteiger partial charge on any atom is -0.463 e. The number of hydrogen-bond acceptors (Lipinski definition) is 4. The number of aromatic nitrogens is 3. The smallest absolute Gasteiger partial charge is 0.320 e. The fraction of sp³-hybridized carbons (Fsp3) is 0.762. The summed E-state index contributed by atoms with van der Waals surface area (Å²) < 4.78 is 5.45. The van der Waals surface area contributed by atoms with Crippen molar-refractivity contribution in [1.82, 2.24) is 15.0 Å². The fourth-order valence-electron chi connectivity index (χ4n) is 2.85. The molecule has 0 atom stereocenters. The van der Waals surface area contributed by atoms with E-state index in [2.05, 4.69) is 34.0 Å². The third kappa shape index (κ3) is 14.1. The van der Waals surface area contributed by atoms with Crippen LogP contribution in [0.4, 0.5) is 0 Å². The van der Waals surface area contributed by atoms with Crippen molar-refractivity contribution in [1.29, 1.82) is 0 Å². The summed E-state index contributed by atoms with van der Waals surface area (Å²) in [6, 6.07) is 0.317. The molecule has 0 saturated heterocycles. The third-order valence-electron chi connectivity index (χ3n) is 4.41. The zero-order chi connectivity index (χ0) is 18.7. The quantitative estimate of drug-likeness (QED) is 0.216. The molecule has 26 heavy (non-hydrogen) atoms. The Morgan fingerprint density at radius 3 is 2.00 bits per heavy atom. The summed E-state index contributed by atoms with van der Waals surface area (Å²) in [5.41, 5.74) is 0. The first-order valence-corrected chi connectivity index (χ1v) is 10.8. The number of nitrogens with zero attached hydrogens (tertiary/aromatic N) is 3. The van der Waals surface area contributed by atoms with Crippen molar-refractivity contribution in [2.24, 2.45) is 0 Å². The van der Waals surface area contributed by atoms with Gasteiger partial charge in [0.1, 0.15) is 6.33 Å². The predicted molar refractivity (Wildman–Crippen MR) is 110 cm³/mol. The Labute approximate surface area is 164 Å². The normalized spacial score (nSPS) is 11.3. The maximum absolute atomic E-state index is 5.68. The summed E-state index contributed by atoms with van der Waals surface area (Å²) in [6.07, 6.45) is 24.4. The van der Waals surface area contributed by atoms with Crippen molar-refractivity contribution in [2.75, 3.05) is 6.61 Å². The molecule has 0 aliphatic carbocycles. The molecule has 1 heterocycles. The minimum absolute atomic E-state index is 0.177. The number of halogens is 1. The van der Waals surface area contributed by atoms with Gasteiger partial charge in [0.25, 0.3) is 0 Å². The zero-order valence-corrected chi connectivity index (χ0v) is 17.2. The Hall–Kier alpha value is -1.16. The van der Waals surface area contributed by atoms with Gasteiger partial charge in [-0.3, -0.25) is 0 Å². The van der Waals surface area contributed by atoms with E-state index in [4.69, 9.17) is 16.3 Å². The molecule has 0 unspecified atom stereocenters. The van der Waals surface area contributed by atoms with E-state index in [0.29, 0.717) is 12.6 Å². The van der Waals surface area contributed by atoms with Gasteiger partial charge in [0.2, 0.25) is 5.28 Å². The molecule has 0 aliphatic heterocycles. The van der Waals surface area contributed by atoms with Gasteiger partial charge in [-0.15, -0.1) is 0 Å². The van der Waals surface area contributed by atoms with Crippen LogP contribution in [0.2, 0.25) is 5.28 Å². The van der Waals surface area contributed by atoms with Gasteiger partial charge >= 0.3 is 6.01 Å². The van der Waals surface area contributed by atoms with E-state index in [-0.39, 0.29) is 5.28 Å². The summed E-state index contributed by atoms with van der Waals surface area (Å²) in [5, 5.41) is 0.177. The number of allylic oxidation sites excluding steroid dienone is 2. The average Bonchev–Trinajstić information content (AvgIpc) is 2.64. The van der Waals surface area contributed by atoms with Gasteiger partial charge in [0, 0.05) is 0 Å². The van der Waals surface area contributed by atoms with Gasteiger partial charge < -0.3 is 4.74 Å². The molecular formula is C21H36ClN3O. The summed E-state index contributed by atoms with van der Waals surface area (Å²) in [6.45, 7) is 2.91. The van der Waals surface area contributed by atoms with E-state index >= 15 is 0 Å². The van der Waals surface area contributed by atoms with Crippen molar-refractivity contribution in [2.45, 2.75) is 96.8 Å². The molecular weight excluding hydrogens is 346 g/mol. The predicted octanol–water partition coefficient (Wildman–Crippen LogP) is 6.94. The van der Waals surface area contributed by atoms with Crippen LogP contribution in [0.3, 0.4) is 0 Å². The van der Waals surface area contributed by atoms with E-state index in [0.717, 1.165) is 6.42 Å². The van der Waals surface area contributed by atoms with E-state index in [1.165, 1.54) is 89.8 Å². The molecule has 0 aliphatic rings. The van der Waals surface area contributed by atoms with Gasteiger partial charge in [0.15, 0.2) is 0 Å². The van der Waals surface area contributed by atoms with E-state index < -0.39 is 0 Å². The maximum Gasteiger partial charge on any atom is 0.320 e. The molecule has 0 saturated carbocycles. The molecule has 1 aromatic rings. The Morgan fingerprint density at radius 2 is 1.38 bits per heavy atom. The maximum atomic E-state index is 5.68. The molecule has 0 bridgehead atoms. The van der Waals surface area contributed by atoms with Gasteiger partial charge in [-0.2, -0.15) is 9.97 Å². The molecule has 0 amide bonds. The highest BCUT2D eigenvalue weighted by atomic mass is 35.5. The molecule has 0 radical (unpaired) electrons. The van der Waals surface area contributed by atoms with Gasteiger partial charge in [0.05, 0.1) is 6.61 Å². The highest BCUT2D eigenvalue weighted by Gasteiger charge is 1.99. The minimum atomic E-state index is 0.177. The van der Waals surface area contributed by atoms with Crippen LogP contribution in [0.25, 0.3) is 0 Å².